The van der Waals surface area contributed by atoms with Crippen LogP contribution in [0.3, 0.4) is 0 Å². The fourth-order valence-corrected chi connectivity index (χ4v) is 3.06. The van der Waals surface area contributed by atoms with Gasteiger partial charge in [-0.1, -0.05) is 18.2 Å². The number of hydrogen-bond acceptors (Lipinski definition) is 7. The van der Waals surface area contributed by atoms with E-state index in [2.05, 4.69) is 15.1 Å². The van der Waals surface area contributed by atoms with Crippen LogP contribution < -0.4 is 0 Å². The number of ether oxygens (including phenoxy) is 1. The number of carboxylic acid groups (broad SMARTS) is 1. The Morgan fingerprint density at radius 1 is 1.20 bits per heavy atom. The van der Waals surface area contributed by atoms with E-state index in [0.29, 0.717) is 17.9 Å². The molecule has 3 heterocycles. The second-order valence-electron chi connectivity index (χ2n) is 6.11. The Labute approximate surface area is 171 Å². The molecule has 3 aromatic heterocycles. The van der Waals surface area contributed by atoms with Crippen LogP contribution in [0.25, 0.3) is 17.2 Å². The molecule has 4 aromatic rings. The number of rotatable bonds is 5. The third kappa shape index (κ3) is 4.27. The van der Waals surface area contributed by atoms with Crippen molar-refractivity contribution in [1.29, 1.82) is 0 Å². The predicted molar refractivity (Wildman–Crippen MR) is 106 cm³/mol. The van der Waals surface area contributed by atoms with Crippen LogP contribution in [-0.2, 0) is 20.7 Å². The molecule has 4 rings (SSSR count). The second-order valence-corrected chi connectivity index (χ2v) is 6.11. The van der Waals surface area contributed by atoms with Gasteiger partial charge >= 0.3 is 5.97 Å². The number of imidazole rings is 1. The summed E-state index contributed by atoms with van der Waals surface area (Å²) in [6.07, 6.45) is 5.24. The monoisotopic (exact) mass is 409 g/mol. The Hall–Kier alpha value is -4.21. The van der Waals surface area contributed by atoms with Gasteiger partial charge < -0.3 is 19.5 Å². The van der Waals surface area contributed by atoms with Gasteiger partial charge in [0.05, 0.1) is 7.11 Å². The topological polar surface area (TPSA) is 132 Å². The molecule has 0 radical (unpaired) electrons. The van der Waals surface area contributed by atoms with Crippen LogP contribution in [-0.4, -0.2) is 53.9 Å². The van der Waals surface area contributed by atoms with Crippen molar-refractivity contribution in [3.8, 4) is 17.3 Å². The molecule has 0 unspecified atom stereocenters. The highest BCUT2D eigenvalue weighted by molar-refractivity contribution is 5.75. The van der Waals surface area contributed by atoms with Crippen LogP contribution in [0.4, 0.5) is 0 Å². The number of carbonyl (C=O) groups is 2. The fourth-order valence-electron chi connectivity index (χ4n) is 3.06. The lowest BCUT2D eigenvalue weighted by molar-refractivity contribution is -0.144. The zero-order chi connectivity index (χ0) is 21.5. The summed E-state index contributed by atoms with van der Waals surface area (Å²) in [4.78, 5) is 29.5. The van der Waals surface area contributed by atoms with Crippen molar-refractivity contribution in [2.45, 2.75) is 12.5 Å². The van der Waals surface area contributed by atoms with Gasteiger partial charge in [-0.05, 0) is 29.8 Å². The van der Waals surface area contributed by atoms with Crippen LogP contribution in [0.15, 0.2) is 61.2 Å². The normalized spacial score (nSPS) is 11.4. The molecular formula is C20H19N5O5. The molecule has 154 valence electrons. The maximum atomic E-state index is 12.5. The molecule has 0 fully saturated rings. The average molecular weight is 409 g/mol. The molecule has 10 nitrogen and oxygen atoms in total. The molecule has 0 aliphatic heterocycles. The van der Waals surface area contributed by atoms with Crippen molar-refractivity contribution in [2.24, 2.45) is 0 Å². The van der Waals surface area contributed by atoms with Crippen LogP contribution in [0.2, 0.25) is 0 Å². The van der Waals surface area contributed by atoms with E-state index in [1.807, 2.05) is 18.2 Å². The minimum atomic E-state index is -0.615. The maximum Gasteiger partial charge on any atom is 0.329 e. The smallest absolute Gasteiger partial charge is 0.329 e. The number of methoxy groups -OCH3 is 1. The Kier molecular flexibility index (Phi) is 6.38. The highest BCUT2D eigenvalue weighted by atomic mass is 16.5. The predicted octanol–water partition coefficient (Wildman–Crippen LogP) is 1.96. The quantitative estimate of drug-likeness (QED) is 0.378. The molecule has 1 aromatic carbocycles. The minimum Gasteiger partial charge on any atom is -0.508 e. The van der Waals surface area contributed by atoms with Gasteiger partial charge in [-0.25, -0.2) is 19.3 Å². The lowest BCUT2D eigenvalue weighted by atomic mass is 10.1. The maximum absolute atomic E-state index is 12.5. The van der Waals surface area contributed by atoms with Crippen LogP contribution in [0.1, 0.15) is 11.6 Å². The molecule has 0 spiro atoms. The Bertz CT molecular complexity index is 1140. The number of benzene rings is 1. The summed E-state index contributed by atoms with van der Waals surface area (Å²) in [6.45, 7) is -0.250. The lowest BCUT2D eigenvalue weighted by Gasteiger charge is -2.19. The van der Waals surface area contributed by atoms with E-state index >= 15 is 0 Å². The van der Waals surface area contributed by atoms with E-state index in [9.17, 15) is 9.90 Å². The number of pyridine rings is 1. The summed E-state index contributed by atoms with van der Waals surface area (Å²) < 4.78 is 8.47. The van der Waals surface area contributed by atoms with Crippen molar-refractivity contribution < 1.29 is 24.5 Å². The van der Waals surface area contributed by atoms with Crippen LogP contribution in [0, 0.1) is 0 Å². The van der Waals surface area contributed by atoms with Crippen molar-refractivity contribution >= 4 is 18.1 Å². The van der Waals surface area contributed by atoms with Crippen molar-refractivity contribution in [2.75, 3.05) is 7.11 Å². The first kappa shape index (κ1) is 20.5. The first-order valence-electron chi connectivity index (χ1n) is 8.84. The molecule has 1 atom stereocenters. The molecule has 0 amide bonds. The highest BCUT2D eigenvalue weighted by Crippen LogP contribution is 2.25. The van der Waals surface area contributed by atoms with Gasteiger partial charge in [0.25, 0.3) is 6.47 Å². The number of carbonyl (C=O) groups excluding carboxylic acids is 1. The van der Waals surface area contributed by atoms with Gasteiger partial charge in [-0.2, -0.15) is 5.10 Å². The summed E-state index contributed by atoms with van der Waals surface area (Å²) >= 11 is 0. The molecule has 0 saturated heterocycles. The number of phenols is 1. The van der Waals surface area contributed by atoms with Gasteiger partial charge in [-0.15, -0.1) is 0 Å². The van der Waals surface area contributed by atoms with Crippen molar-refractivity contribution in [1.82, 2.24) is 24.1 Å². The first-order chi connectivity index (χ1) is 14.6. The minimum absolute atomic E-state index is 0.176. The third-order valence-electron chi connectivity index (χ3n) is 4.37. The molecule has 2 N–H and O–H groups in total. The molecule has 0 aliphatic carbocycles. The van der Waals surface area contributed by atoms with Crippen molar-refractivity contribution in [3.05, 3.63) is 66.7 Å². The zero-order valence-electron chi connectivity index (χ0n) is 16.0. The third-order valence-corrected chi connectivity index (χ3v) is 4.37. The SMILES string of the molecule is COC(=O)[C@H](Cc1ccc(O)cc1)n1ccnc1-c1cccc2ncnn12.O=CO. The summed E-state index contributed by atoms with van der Waals surface area (Å²) in [5.74, 6) is 0.378. The number of aromatic hydroxyl groups is 1. The Morgan fingerprint density at radius 2 is 1.93 bits per heavy atom. The largest absolute Gasteiger partial charge is 0.508 e. The summed E-state index contributed by atoms with van der Waals surface area (Å²) in [6, 6.07) is 11.7. The van der Waals surface area contributed by atoms with E-state index in [4.69, 9.17) is 14.6 Å². The van der Waals surface area contributed by atoms with Gasteiger partial charge in [0.1, 0.15) is 23.8 Å². The van der Waals surface area contributed by atoms with Crippen LogP contribution >= 0.6 is 0 Å². The first-order valence-corrected chi connectivity index (χ1v) is 8.84. The molecule has 30 heavy (non-hydrogen) atoms. The van der Waals surface area contributed by atoms with E-state index in [-0.39, 0.29) is 18.2 Å². The van der Waals surface area contributed by atoms with E-state index < -0.39 is 6.04 Å². The Morgan fingerprint density at radius 3 is 2.63 bits per heavy atom. The number of nitrogens with zero attached hydrogens (tertiary/aromatic N) is 5. The number of fused-ring (bicyclic) bond motifs is 1. The van der Waals surface area contributed by atoms with Gasteiger partial charge in [0, 0.05) is 18.8 Å². The summed E-state index contributed by atoms with van der Waals surface area (Å²) in [7, 11) is 1.36. The second kappa shape index (κ2) is 9.32. The van der Waals surface area contributed by atoms with E-state index in [1.165, 1.54) is 13.4 Å². The number of aromatic nitrogens is 5. The summed E-state index contributed by atoms with van der Waals surface area (Å²) in [5.41, 5.74) is 2.30. The Balaban J connectivity index is 0.000000806. The van der Waals surface area contributed by atoms with Crippen LogP contribution in [0.5, 0.6) is 5.75 Å². The molecule has 0 aliphatic rings. The van der Waals surface area contributed by atoms with E-state index in [0.717, 1.165) is 11.3 Å². The average Bonchev–Trinajstić information content (AvgIpc) is 3.42. The number of hydrogen-bond donors (Lipinski definition) is 2. The van der Waals surface area contributed by atoms with Gasteiger partial charge in [0.15, 0.2) is 11.5 Å². The number of esters is 1. The fraction of sp³-hybridized carbons (Fsp3) is 0.150. The highest BCUT2D eigenvalue weighted by Gasteiger charge is 2.25. The summed E-state index contributed by atoms with van der Waals surface area (Å²) in [5, 5.41) is 20.6. The van der Waals surface area contributed by atoms with Gasteiger partial charge in [-0.3, -0.25) is 4.79 Å². The number of phenolic OH excluding ortho intramolecular Hbond substituents is 1. The molecule has 0 bridgehead atoms. The van der Waals surface area contributed by atoms with Gasteiger partial charge in [0.2, 0.25) is 0 Å². The zero-order valence-corrected chi connectivity index (χ0v) is 16.0. The molecular weight excluding hydrogens is 390 g/mol. The van der Waals surface area contributed by atoms with Crippen molar-refractivity contribution in [3.63, 3.8) is 0 Å². The molecule has 0 saturated carbocycles. The lowest BCUT2D eigenvalue weighted by Crippen LogP contribution is -2.23. The van der Waals surface area contributed by atoms with E-state index in [1.54, 1.807) is 45.7 Å². The standard InChI is InChI=1S/C19H17N5O3.CH2O2/c1-27-19(26)16(11-13-5-7-14(25)8-6-13)23-10-9-20-18(23)15-3-2-4-17-21-12-22-24(15)17;2-1-3/h2-10,12,16,25H,11H2,1H3;1H,(H,2,3)/t16-;/m0./s1. The molecule has 10 heteroatoms.